The quantitative estimate of drug-likeness (QED) is 0.513. The van der Waals surface area contributed by atoms with E-state index in [1.54, 1.807) is 12.3 Å². The molecule has 3 heteroatoms. The van der Waals surface area contributed by atoms with Gasteiger partial charge in [0.2, 0.25) is 0 Å². The van der Waals surface area contributed by atoms with E-state index in [1.807, 2.05) is 0 Å². The SMILES string of the molecule is CCCCOc1ccncc1C=O. The molecule has 0 aromatic carbocycles. The van der Waals surface area contributed by atoms with E-state index in [9.17, 15) is 4.79 Å². The molecule has 0 radical (unpaired) electrons. The maximum Gasteiger partial charge on any atom is 0.155 e. The summed E-state index contributed by atoms with van der Waals surface area (Å²) >= 11 is 0. The van der Waals surface area contributed by atoms with Crippen LogP contribution in [0.2, 0.25) is 0 Å². The number of ether oxygens (including phenoxy) is 1. The lowest BCUT2D eigenvalue weighted by Gasteiger charge is -2.05. The molecule has 0 atom stereocenters. The molecule has 0 fully saturated rings. The van der Waals surface area contributed by atoms with Crippen LogP contribution in [0.4, 0.5) is 0 Å². The molecule has 1 heterocycles. The molecule has 0 unspecified atom stereocenters. The lowest BCUT2D eigenvalue weighted by Crippen LogP contribution is -1.99. The highest BCUT2D eigenvalue weighted by Gasteiger charge is 2.00. The molecule has 0 amide bonds. The monoisotopic (exact) mass is 179 g/mol. The van der Waals surface area contributed by atoms with Crippen LogP contribution in [0.1, 0.15) is 30.1 Å². The summed E-state index contributed by atoms with van der Waals surface area (Å²) in [6, 6.07) is 1.71. The van der Waals surface area contributed by atoms with Gasteiger partial charge in [0.15, 0.2) is 6.29 Å². The van der Waals surface area contributed by atoms with Crippen molar-refractivity contribution in [1.82, 2.24) is 4.98 Å². The van der Waals surface area contributed by atoms with Gasteiger partial charge in [0.05, 0.1) is 12.2 Å². The van der Waals surface area contributed by atoms with Crippen LogP contribution in [0.3, 0.4) is 0 Å². The van der Waals surface area contributed by atoms with Gasteiger partial charge in [0.1, 0.15) is 5.75 Å². The summed E-state index contributed by atoms with van der Waals surface area (Å²) in [6.45, 7) is 2.75. The topological polar surface area (TPSA) is 39.2 Å². The molecule has 0 aliphatic heterocycles. The smallest absolute Gasteiger partial charge is 0.155 e. The molecule has 0 N–H and O–H groups in total. The molecule has 1 aromatic heterocycles. The van der Waals surface area contributed by atoms with Gasteiger partial charge in [-0.05, 0) is 12.5 Å². The molecule has 0 bridgehead atoms. The van der Waals surface area contributed by atoms with Crippen molar-refractivity contribution in [3.63, 3.8) is 0 Å². The number of rotatable bonds is 5. The fourth-order valence-electron chi connectivity index (χ4n) is 0.940. The Labute approximate surface area is 77.8 Å². The van der Waals surface area contributed by atoms with Crippen LogP contribution < -0.4 is 4.74 Å². The second-order valence-electron chi connectivity index (χ2n) is 2.73. The molecule has 1 rings (SSSR count). The first kappa shape index (κ1) is 9.71. The number of carbonyl (C=O) groups excluding carboxylic acids is 1. The van der Waals surface area contributed by atoms with Crippen molar-refractivity contribution in [3.8, 4) is 5.75 Å². The average Bonchev–Trinajstić information content (AvgIpc) is 2.19. The minimum Gasteiger partial charge on any atom is -0.493 e. The van der Waals surface area contributed by atoms with Gasteiger partial charge >= 0.3 is 0 Å². The lowest BCUT2D eigenvalue weighted by molar-refractivity contribution is 0.111. The predicted octanol–water partition coefficient (Wildman–Crippen LogP) is 2.07. The maximum atomic E-state index is 10.5. The Kier molecular flexibility index (Phi) is 3.96. The number of hydrogen-bond donors (Lipinski definition) is 0. The summed E-state index contributed by atoms with van der Waals surface area (Å²) in [4.78, 5) is 14.4. The Balaban J connectivity index is 2.59. The van der Waals surface area contributed by atoms with Crippen molar-refractivity contribution in [3.05, 3.63) is 24.0 Å². The second kappa shape index (κ2) is 5.30. The number of unbranched alkanes of at least 4 members (excludes halogenated alkanes) is 1. The molecule has 0 spiro atoms. The molecule has 0 saturated carbocycles. The highest BCUT2D eigenvalue weighted by Crippen LogP contribution is 2.14. The van der Waals surface area contributed by atoms with E-state index in [0.717, 1.165) is 19.1 Å². The van der Waals surface area contributed by atoms with Crippen molar-refractivity contribution >= 4 is 6.29 Å². The Morgan fingerprint density at radius 1 is 1.62 bits per heavy atom. The van der Waals surface area contributed by atoms with Crippen LogP contribution in [0.25, 0.3) is 0 Å². The largest absolute Gasteiger partial charge is 0.493 e. The fraction of sp³-hybridized carbons (Fsp3) is 0.400. The van der Waals surface area contributed by atoms with Gasteiger partial charge in [-0.25, -0.2) is 0 Å². The highest BCUT2D eigenvalue weighted by atomic mass is 16.5. The minimum atomic E-state index is 0.513. The zero-order valence-corrected chi connectivity index (χ0v) is 7.69. The highest BCUT2D eigenvalue weighted by molar-refractivity contribution is 5.78. The van der Waals surface area contributed by atoms with E-state index in [2.05, 4.69) is 11.9 Å². The molecular formula is C10H13NO2. The Bertz CT molecular complexity index is 273. The lowest BCUT2D eigenvalue weighted by atomic mass is 10.3. The van der Waals surface area contributed by atoms with Crippen LogP contribution in [0, 0.1) is 0 Å². The molecule has 0 aliphatic rings. The van der Waals surface area contributed by atoms with Crippen LogP contribution in [0.5, 0.6) is 5.75 Å². The number of nitrogens with zero attached hydrogens (tertiary/aromatic N) is 1. The Morgan fingerprint density at radius 2 is 2.46 bits per heavy atom. The number of pyridine rings is 1. The van der Waals surface area contributed by atoms with E-state index in [0.29, 0.717) is 17.9 Å². The number of carbonyl (C=O) groups is 1. The Hall–Kier alpha value is -1.38. The predicted molar refractivity (Wildman–Crippen MR) is 50.0 cm³/mol. The summed E-state index contributed by atoms with van der Waals surface area (Å²) in [7, 11) is 0. The van der Waals surface area contributed by atoms with E-state index in [4.69, 9.17) is 4.74 Å². The van der Waals surface area contributed by atoms with Gasteiger partial charge in [-0.2, -0.15) is 0 Å². The van der Waals surface area contributed by atoms with Crippen molar-refractivity contribution < 1.29 is 9.53 Å². The molecule has 0 aliphatic carbocycles. The van der Waals surface area contributed by atoms with Gasteiger partial charge in [0.25, 0.3) is 0 Å². The normalized spacial score (nSPS) is 9.62. The van der Waals surface area contributed by atoms with Crippen molar-refractivity contribution in [2.75, 3.05) is 6.61 Å². The molecule has 70 valence electrons. The van der Waals surface area contributed by atoms with E-state index < -0.39 is 0 Å². The second-order valence-corrected chi connectivity index (χ2v) is 2.73. The molecular weight excluding hydrogens is 166 g/mol. The zero-order valence-electron chi connectivity index (χ0n) is 7.69. The van der Waals surface area contributed by atoms with Gasteiger partial charge in [-0.15, -0.1) is 0 Å². The molecule has 13 heavy (non-hydrogen) atoms. The summed E-state index contributed by atoms with van der Waals surface area (Å²) < 4.78 is 5.40. The molecule has 3 nitrogen and oxygen atoms in total. The zero-order chi connectivity index (χ0) is 9.52. The third-order valence-corrected chi connectivity index (χ3v) is 1.69. The van der Waals surface area contributed by atoms with Crippen molar-refractivity contribution in [2.24, 2.45) is 0 Å². The summed E-state index contributed by atoms with van der Waals surface area (Å²) in [6.07, 6.45) is 5.97. The van der Waals surface area contributed by atoms with E-state index in [-0.39, 0.29) is 0 Å². The van der Waals surface area contributed by atoms with Gasteiger partial charge < -0.3 is 4.74 Å². The first-order chi connectivity index (χ1) is 6.38. The van der Waals surface area contributed by atoms with Gasteiger partial charge in [-0.1, -0.05) is 13.3 Å². The van der Waals surface area contributed by atoms with Crippen LogP contribution in [0.15, 0.2) is 18.5 Å². The Morgan fingerprint density at radius 3 is 3.15 bits per heavy atom. The number of hydrogen-bond acceptors (Lipinski definition) is 3. The van der Waals surface area contributed by atoms with E-state index in [1.165, 1.54) is 6.20 Å². The average molecular weight is 179 g/mol. The van der Waals surface area contributed by atoms with Crippen LogP contribution in [-0.4, -0.2) is 17.9 Å². The van der Waals surface area contributed by atoms with Gasteiger partial charge in [-0.3, -0.25) is 9.78 Å². The van der Waals surface area contributed by atoms with Crippen molar-refractivity contribution in [1.29, 1.82) is 0 Å². The summed E-state index contributed by atoms with van der Waals surface area (Å²) in [5.41, 5.74) is 0.513. The standard InChI is InChI=1S/C10H13NO2/c1-2-3-6-13-10-4-5-11-7-9(10)8-12/h4-5,7-8H,2-3,6H2,1H3. The minimum absolute atomic E-state index is 0.513. The first-order valence-electron chi connectivity index (χ1n) is 4.40. The third kappa shape index (κ3) is 2.86. The van der Waals surface area contributed by atoms with Crippen LogP contribution in [-0.2, 0) is 0 Å². The maximum absolute atomic E-state index is 10.5. The van der Waals surface area contributed by atoms with Crippen molar-refractivity contribution in [2.45, 2.75) is 19.8 Å². The fourth-order valence-corrected chi connectivity index (χ4v) is 0.940. The first-order valence-corrected chi connectivity index (χ1v) is 4.40. The van der Waals surface area contributed by atoms with E-state index >= 15 is 0 Å². The summed E-state index contributed by atoms with van der Waals surface area (Å²) in [5, 5.41) is 0. The molecule has 1 aromatic rings. The third-order valence-electron chi connectivity index (χ3n) is 1.69. The number of aromatic nitrogens is 1. The van der Waals surface area contributed by atoms with Gasteiger partial charge in [0, 0.05) is 12.4 Å². The summed E-state index contributed by atoms with van der Waals surface area (Å²) in [5.74, 6) is 0.624. The molecule has 0 saturated heterocycles. The number of aldehydes is 1. The van der Waals surface area contributed by atoms with Crippen LogP contribution >= 0.6 is 0 Å².